The van der Waals surface area contributed by atoms with Gasteiger partial charge in [0.15, 0.2) is 0 Å². The van der Waals surface area contributed by atoms with Gasteiger partial charge in [0.05, 0.1) is 11.4 Å². The van der Waals surface area contributed by atoms with E-state index in [1.54, 1.807) is 4.68 Å². The second kappa shape index (κ2) is 8.11. The molecule has 3 rings (SSSR count). The minimum absolute atomic E-state index is 0.0133. The zero-order valence-corrected chi connectivity index (χ0v) is 16.2. The summed E-state index contributed by atoms with van der Waals surface area (Å²) < 4.78 is 3.61. The van der Waals surface area contributed by atoms with Crippen LogP contribution in [0.2, 0.25) is 0 Å². The van der Waals surface area contributed by atoms with E-state index in [2.05, 4.69) is 46.7 Å². The van der Waals surface area contributed by atoms with Crippen molar-refractivity contribution in [1.29, 1.82) is 0 Å². The molecule has 2 aromatic heterocycles. The molecule has 0 radical (unpaired) electrons. The molecule has 0 bridgehead atoms. The van der Waals surface area contributed by atoms with Crippen LogP contribution >= 0.6 is 0 Å². The van der Waals surface area contributed by atoms with E-state index in [0.29, 0.717) is 18.8 Å². The minimum atomic E-state index is -0.0133. The van der Waals surface area contributed by atoms with Crippen molar-refractivity contribution in [3.8, 4) is 5.69 Å². The third-order valence-corrected chi connectivity index (χ3v) is 4.44. The molecule has 0 saturated heterocycles. The van der Waals surface area contributed by atoms with Gasteiger partial charge in [0.1, 0.15) is 6.33 Å². The number of aromatic nitrogens is 6. The fourth-order valence-corrected chi connectivity index (χ4v) is 3.06. The van der Waals surface area contributed by atoms with Crippen LogP contribution in [-0.2, 0) is 17.8 Å². The van der Waals surface area contributed by atoms with Gasteiger partial charge in [0.25, 0.3) is 0 Å². The van der Waals surface area contributed by atoms with Crippen molar-refractivity contribution in [3.05, 3.63) is 47.5 Å². The first kappa shape index (κ1) is 18.8. The Hall–Kier alpha value is -3.03. The number of hydrogen-bond donors (Lipinski definition) is 1. The average molecular weight is 367 g/mol. The van der Waals surface area contributed by atoms with Crippen LogP contribution in [0.5, 0.6) is 0 Å². The molecule has 8 heteroatoms. The molecule has 2 heterocycles. The summed E-state index contributed by atoms with van der Waals surface area (Å²) in [4.78, 5) is 12.3. The number of rotatable bonds is 7. The molecule has 1 aromatic carbocycles. The number of benzene rings is 1. The summed E-state index contributed by atoms with van der Waals surface area (Å²) >= 11 is 0. The Morgan fingerprint density at radius 2 is 1.93 bits per heavy atom. The number of hydrogen-bond acceptors (Lipinski definition) is 5. The first-order chi connectivity index (χ1) is 12.9. The molecule has 1 N–H and O–H groups in total. The van der Waals surface area contributed by atoms with E-state index < -0.39 is 0 Å². The van der Waals surface area contributed by atoms with Gasteiger partial charge in [0, 0.05) is 24.3 Å². The molecule has 27 heavy (non-hydrogen) atoms. The van der Waals surface area contributed by atoms with E-state index in [-0.39, 0.29) is 5.91 Å². The highest BCUT2D eigenvalue weighted by atomic mass is 16.1. The molecule has 0 aliphatic carbocycles. The maximum Gasteiger partial charge on any atom is 0.224 e. The van der Waals surface area contributed by atoms with Gasteiger partial charge in [-0.2, -0.15) is 5.10 Å². The summed E-state index contributed by atoms with van der Waals surface area (Å²) in [6.45, 7) is 9.33. The largest absolute Gasteiger partial charge is 0.326 e. The Balaban J connectivity index is 1.58. The molecule has 0 saturated carbocycles. The van der Waals surface area contributed by atoms with Crippen molar-refractivity contribution in [2.45, 2.75) is 47.1 Å². The smallest absolute Gasteiger partial charge is 0.224 e. The second-order valence-corrected chi connectivity index (χ2v) is 7.07. The van der Waals surface area contributed by atoms with Gasteiger partial charge in [-0.05, 0) is 66.4 Å². The fourth-order valence-electron chi connectivity index (χ4n) is 3.06. The molecule has 0 aliphatic heterocycles. The zero-order chi connectivity index (χ0) is 19.4. The van der Waals surface area contributed by atoms with Crippen LogP contribution < -0.4 is 5.32 Å². The quantitative estimate of drug-likeness (QED) is 0.693. The maximum atomic E-state index is 12.3. The van der Waals surface area contributed by atoms with Crippen molar-refractivity contribution in [3.63, 3.8) is 0 Å². The molecule has 1 amide bonds. The van der Waals surface area contributed by atoms with Crippen LogP contribution in [-0.4, -0.2) is 35.9 Å². The predicted octanol–water partition coefficient (Wildman–Crippen LogP) is 2.70. The summed E-state index contributed by atoms with van der Waals surface area (Å²) in [5.41, 5.74) is 4.91. The maximum absolute atomic E-state index is 12.3. The van der Waals surface area contributed by atoms with Crippen LogP contribution in [0.1, 0.15) is 37.2 Å². The van der Waals surface area contributed by atoms with E-state index in [1.165, 1.54) is 11.9 Å². The zero-order valence-electron chi connectivity index (χ0n) is 16.2. The molecule has 3 aromatic rings. The minimum Gasteiger partial charge on any atom is -0.326 e. The summed E-state index contributed by atoms with van der Waals surface area (Å²) in [6, 6.07) is 7.39. The fraction of sp³-hybridized carbons (Fsp3) is 0.421. The van der Waals surface area contributed by atoms with Gasteiger partial charge in [0.2, 0.25) is 5.91 Å². The SMILES string of the molecule is Cc1nn(CC(C)C)c(C)c1CCC(=O)Nc1ccc(-n2cnnn2)cc1. The van der Waals surface area contributed by atoms with Gasteiger partial charge in [-0.3, -0.25) is 9.48 Å². The van der Waals surface area contributed by atoms with E-state index in [1.807, 2.05) is 35.9 Å². The van der Waals surface area contributed by atoms with Crippen LogP contribution in [0.4, 0.5) is 5.69 Å². The highest BCUT2D eigenvalue weighted by Gasteiger charge is 2.14. The van der Waals surface area contributed by atoms with Crippen LogP contribution in [0.3, 0.4) is 0 Å². The van der Waals surface area contributed by atoms with Gasteiger partial charge in [-0.15, -0.1) is 5.10 Å². The lowest BCUT2D eigenvalue weighted by Crippen LogP contribution is -2.13. The molecular formula is C19H25N7O. The monoisotopic (exact) mass is 367 g/mol. The summed E-state index contributed by atoms with van der Waals surface area (Å²) in [6.07, 6.45) is 2.63. The van der Waals surface area contributed by atoms with Gasteiger partial charge in [-0.25, -0.2) is 4.68 Å². The number of nitrogens with zero attached hydrogens (tertiary/aromatic N) is 6. The van der Waals surface area contributed by atoms with Crippen molar-refractivity contribution >= 4 is 11.6 Å². The molecule has 0 atom stereocenters. The number of anilines is 1. The first-order valence-electron chi connectivity index (χ1n) is 9.10. The lowest BCUT2D eigenvalue weighted by atomic mass is 10.1. The number of carbonyl (C=O) groups excluding carboxylic acids is 1. The van der Waals surface area contributed by atoms with E-state index in [9.17, 15) is 4.79 Å². The van der Waals surface area contributed by atoms with E-state index in [4.69, 9.17) is 0 Å². The Morgan fingerprint density at radius 3 is 2.56 bits per heavy atom. The second-order valence-electron chi connectivity index (χ2n) is 7.07. The van der Waals surface area contributed by atoms with E-state index >= 15 is 0 Å². The molecule has 0 aliphatic rings. The molecule has 0 unspecified atom stereocenters. The Morgan fingerprint density at radius 1 is 1.19 bits per heavy atom. The highest BCUT2D eigenvalue weighted by Crippen LogP contribution is 2.17. The molecule has 142 valence electrons. The van der Waals surface area contributed by atoms with Gasteiger partial charge < -0.3 is 5.32 Å². The van der Waals surface area contributed by atoms with Crippen molar-refractivity contribution in [2.24, 2.45) is 5.92 Å². The number of tetrazole rings is 1. The van der Waals surface area contributed by atoms with Crippen molar-refractivity contribution in [1.82, 2.24) is 30.0 Å². The molecule has 0 fully saturated rings. The number of carbonyl (C=O) groups is 1. The number of amides is 1. The molecule has 0 spiro atoms. The lowest BCUT2D eigenvalue weighted by molar-refractivity contribution is -0.116. The van der Waals surface area contributed by atoms with E-state index in [0.717, 1.165) is 29.3 Å². The lowest BCUT2D eigenvalue weighted by Gasteiger charge is -2.08. The van der Waals surface area contributed by atoms with Gasteiger partial charge >= 0.3 is 0 Å². The Bertz CT molecular complexity index is 895. The summed E-state index contributed by atoms with van der Waals surface area (Å²) in [7, 11) is 0. The predicted molar refractivity (Wildman–Crippen MR) is 103 cm³/mol. The highest BCUT2D eigenvalue weighted by molar-refractivity contribution is 5.90. The van der Waals surface area contributed by atoms with Crippen molar-refractivity contribution < 1.29 is 4.79 Å². The summed E-state index contributed by atoms with van der Waals surface area (Å²) in [5, 5.41) is 18.6. The number of aryl methyl sites for hydroxylation is 1. The van der Waals surface area contributed by atoms with Crippen LogP contribution in [0.15, 0.2) is 30.6 Å². The van der Waals surface area contributed by atoms with Gasteiger partial charge in [-0.1, -0.05) is 13.8 Å². The first-order valence-corrected chi connectivity index (χ1v) is 9.10. The third-order valence-electron chi connectivity index (χ3n) is 4.44. The summed E-state index contributed by atoms with van der Waals surface area (Å²) in [5.74, 6) is 0.524. The average Bonchev–Trinajstić information content (AvgIpc) is 3.23. The molecular weight excluding hydrogens is 342 g/mol. The van der Waals surface area contributed by atoms with Crippen molar-refractivity contribution in [2.75, 3.05) is 5.32 Å². The molecule has 8 nitrogen and oxygen atoms in total. The Kier molecular flexibility index (Phi) is 5.63. The topological polar surface area (TPSA) is 90.5 Å². The van der Waals surface area contributed by atoms with Crippen LogP contribution in [0.25, 0.3) is 5.69 Å². The normalized spacial score (nSPS) is 11.1. The third kappa shape index (κ3) is 4.58. The Labute approximate surface area is 158 Å². The van der Waals surface area contributed by atoms with Crippen LogP contribution in [0, 0.1) is 19.8 Å². The number of nitrogens with one attached hydrogen (secondary N) is 1. The standard InChI is InChI=1S/C19H25N7O/c1-13(2)11-25-15(4)18(14(3)22-25)9-10-19(27)21-16-5-7-17(8-6-16)26-12-20-23-24-26/h5-8,12-13H,9-11H2,1-4H3,(H,21,27).